The monoisotopic (exact) mass is 514 g/mol. The summed E-state index contributed by atoms with van der Waals surface area (Å²) < 4.78 is 59.8. The molecular formula is C24H29F3N2O5S. The Labute approximate surface area is 202 Å². The molecule has 2 aromatic rings. The normalized spacial score (nSPS) is 15.3. The number of benzene rings is 2. The average Bonchev–Trinajstić information content (AvgIpc) is 3.55. The second-order valence-corrected chi connectivity index (χ2v) is 10.3. The van der Waals surface area contributed by atoms with Gasteiger partial charge >= 0.3 is 12.1 Å². The first-order valence-electron chi connectivity index (χ1n) is 10.9. The minimum atomic E-state index is -5.08. The number of alkyl halides is 3. The highest BCUT2D eigenvalue weighted by Gasteiger charge is 2.51. The summed E-state index contributed by atoms with van der Waals surface area (Å²) >= 11 is 0. The van der Waals surface area contributed by atoms with Crippen LogP contribution in [0.4, 0.5) is 18.9 Å². The van der Waals surface area contributed by atoms with E-state index in [1.165, 1.54) is 0 Å². The van der Waals surface area contributed by atoms with E-state index < -0.39 is 27.6 Å². The number of hydrogen-bond donors (Lipinski definition) is 3. The average molecular weight is 515 g/mol. The van der Waals surface area contributed by atoms with Crippen LogP contribution in [-0.2, 0) is 25.0 Å². The Kier molecular flexibility index (Phi) is 8.59. The number of sulfonamides is 1. The van der Waals surface area contributed by atoms with Crippen molar-refractivity contribution < 1.29 is 36.3 Å². The van der Waals surface area contributed by atoms with Crippen LogP contribution in [0, 0.1) is 13.8 Å². The van der Waals surface area contributed by atoms with Crippen LogP contribution in [0.3, 0.4) is 0 Å². The molecule has 1 saturated carbocycles. The minimum Gasteiger partial charge on any atom is -0.475 e. The number of aliphatic carboxylic acids is 1. The molecular weight excluding hydrogens is 485 g/mol. The number of aryl methyl sites for hydroxylation is 2. The number of carbonyl (C=O) groups is 2. The van der Waals surface area contributed by atoms with Crippen molar-refractivity contribution in [2.24, 2.45) is 0 Å². The highest BCUT2D eigenvalue weighted by atomic mass is 32.2. The Hall–Kier alpha value is -3.08. The Morgan fingerprint density at radius 1 is 1.09 bits per heavy atom. The lowest BCUT2D eigenvalue weighted by molar-refractivity contribution is -0.192. The Morgan fingerprint density at radius 3 is 2.06 bits per heavy atom. The van der Waals surface area contributed by atoms with Gasteiger partial charge in [0.2, 0.25) is 5.91 Å². The summed E-state index contributed by atoms with van der Waals surface area (Å²) in [5.74, 6) is -2.70. The molecule has 0 radical (unpaired) electrons. The number of carbonyl (C=O) groups excluding carboxylic acids is 1. The van der Waals surface area contributed by atoms with E-state index in [9.17, 15) is 26.4 Å². The van der Waals surface area contributed by atoms with E-state index in [2.05, 4.69) is 10.0 Å². The number of amides is 1. The molecule has 1 unspecified atom stereocenters. The summed E-state index contributed by atoms with van der Waals surface area (Å²) in [6, 6.07) is 12.6. The molecule has 0 heterocycles. The summed E-state index contributed by atoms with van der Waals surface area (Å²) in [6.45, 7) is 7.76. The van der Waals surface area contributed by atoms with Crippen molar-refractivity contribution in [3.63, 3.8) is 0 Å². The molecule has 2 aromatic carbocycles. The number of anilines is 1. The second kappa shape index (κ2) is 10.7. The molecule has 1 amide bonds. The van der Waals surface area contributed by atoms with Crippen LogP contribution in [0.1, 0.15) is 49.8 Å². The Bertz CT molecular complexity index is 1170. The van der Waals surface area contributed by atoms with E-state index >= 15 is 0 Å². The molecule has 0 aromatic heterocycles. The molecule has 7 nitrogen and oxygen atoms in total. The van der Waals surface area contributed by atoms with Crippen LogP contribution in [0.25, 0.3) is 0 Å². The second-order valence-electron chi connectivity index (χ2n) is 8.62. The third-order valence-electron chi connectivity index (χ3n) is 5.73. The van der Waals surface area contributed by atoms with Gasteiger partial charge in [-0.1, -0.05) is 36.8 Å². The smallest absolute Gasteiger partial charge is 0.475 e. The number of halogens is 3. The molecule has 0 aliphatic heterocycles. The predicted octanol–water partition coefficient (Wildman–Crippen LogP) is 4.68. The van der Waals surface area contributed by atoms with Gasteiger partial charge in [-0.3, -0.25) is 9.52 Å². The van der Waals surface area contributed by atoms with Crippen LogP contribution >= 0.6 is 0 Å². The van der Waals surface area contributed by atoms with Crippen molar-refractivity contribution in [1.29, 1.82) is 0 Å². The van der Waals surface area contributed by atoms with Crippen molar-refractivity contribution in [1.82, 2.24) is 5.32 Å². The fourth-order valence-electron chi connectivity index (χ4n) is 3.40. The molecule has 1 aliphatic carbocycles. The number of carboxylic acids is 1. The standard InChI is InChI=1S/C22H28N2O3S.C2HF3O2/c1-5-17(4)23-21(25)22(12-13-22)18-7-9-19(10-8-18)24-28(26,27)20-11-6-15(2)14-16(20)3;3-2(4,5)1(6)7/h6-11,14,17,24H,5,12-13H2,1-4H3,(H,23,25);(H,6,7). The molecule has 35 heavy (non-hydrogen) atoms. The third kappa shape index (κ3) is 7.20. The predicted molar refractivity (Wildman–Crippen MR) is 126 cm³/mol. The third-order valence-corrected chi connectivity index (χ3v) is 7.27. The van der Waals surface area contributed by atoms with Crippen molar-refractivity contribution >= 4 is 27.6 Å². The van der Waals surface area contributed by atoms with Gasteiger partial charge in [0, 0.05) is 11.7 Å². The molecule has 1 fully saturated rings. The zero-order chi connectivity index (χ0) is 26.6. The van der Waals surface area contributed by atoms with Crippen molar-refractivity contribution in [2.75, 3.05) is 4.72 Å². The molecule has 192 valence electrons. The van der Waals surface area contributed by atoms with Crippen molar-refractivity contribution in [3.05, 3.63) is 59.2 Å². The zero-order valence-electron chi connectivity index (χ0n) is 19.9. The molecule has 0 spiro atoms. The number of hydrogen-bond acceptors (Lipinski definition) is 4. The highest BCUT2D eigenvalue weighted by molar-refractivity contribution is 7.92. The van der Waals surface area contributed by atoms with Crippen molar-refractivity contribution in [2.45, 2.75) is 69.5 Å². The summed E-state index contributed by atoms with van der Waals surface area (Å²) in [5, 5.41) is 10.2. The Balaban J connectivity index is 0.000000540. The maximum atomic E-state index is 12.7. The van der Waals surface area contributed by atoms with Gasteiger partial charge in [-0.15, -0.1) is 0 Å². The first-order chi connectivity index (χ1) is 16.1. The fourth-order valence-corrected chi connectivity index (χ4v) is 4.69. The van der Waals surface area contributed by atoms with Crippen molar-refractivity contribution in [3.8, 4) is 0 Å². The van der Waals surface area contributed by atoms with E-state index in [0.717, 1.165) is 30.4 Å². The molecule has 1 aliphatic rings. The SMILES string of the molecule is CCC(C)NC(=O)C1(c2ccc(NS(=O)(=O)c3ccc(C)cc3C)cc2)CC1.O=C(O)C(F)(F)F. The summed E-state index contributed by atoms with van der Waals surface area (Å²) in [6.07, 6.45) is -2.55. The summed E-state index contributed by atoms with van der Waals surface area (Å²) in [7, 11) is -3.66. The number of carboxylic acid groups (broad SMARTS) is 1. The summed E-state index contributed by atoms with van der Waals surface area (Å²) in [4.78, 5) is 21.8. The molecule has 0 bridgehead atoms. The van der Waals surface area contributed by atoms with Gasteiger partial charge in [-0.25, -0.2) is 13.2 Å². The number of nitrogens with one attached hydrogen (secondary N) is 2. The van der Waals surface area contributed by atoms with Crippen LogP contribution in [0.5, 0.6) is 0 Å². The highest BCUT2D eigenvalue weighted by Crippen LogP contribution is 2.48. The van der Waals surface area contributed by atoms with Gasteiger partial charge in [-0.2, -0.15) is 13.2 Å². The maximum absolute atomic E-state index is 12.7. The topological polar surface area (TPSA) is 113 Å². The molecule has 0 saturated heterocycles. The molecule has 1 atom stereocenters. The van der Waals surface area contributed by atoms with E-state index in [1.54, 1.807) is 31.2 Å². The first kappa shape index (κ1) is 28.2. The lowest BCUT2D eigenvalue weighted by atomic mass is 9.94. The maximum Gasteiger partial charge on any atom is 0.490 e. The molecule has 11 heteroatoms. The lowest BCUT2D eigenvalue weighted by Crippen LogP contribution is -2.39. The zero-order valence-corrected chi connectivity index (χ0v) is 20.7. The van der Waals surface area contributed by atoms with Gasteiger partial charge in [0.25, 0.3) is 10.0 Å². The van der Waals surface area contributed by atoms with E-state index in [0.29, 0.717) is 11.3 Å². The van der Waals surface area contributed by atoms with Gasteiger partial charge in [0.05, 0.1) is 10.3 Å². The van der Waals surface area contributed by atoms with Gasteiger partial charge < -0.3 is 10.4 Å². The van der Waals surface area contributed by atoms with Gasteiger partial charge in [0.15, 0.2) is 0 Å². The quantitative estimate of drug-likeness (QED) is 0.497. The van der Waals surface area contributed by atoms with Crippen LogP contribution in [0.2, 0.25) is 0 Å². The van der Waals surface area contributed by atoms with E-state index in [4.69, 9.17) is 9.90 Å². The van der Waals surface area contributed by atoms with Crippen LogP contribution in [-0.4, -0.2) is 37.6 Å². The van der Waals surface area contributed by atoms with E-state index in [1.807, 2.05) is 39.0 Å². The fraction of sp³-hybridized carbons (Fsp3) is 0.417. The molecule has 3 rings (SSSR count). The largest absolute Gasteiger partial charge is 0.490 e. The molecule has 3 N–H and O–H groups in total. The summed E-state index contributed by atoms with van der Waals surface area (Å²) in [5.41, 5.74) is 2.69. The first-order valence-corrected chi connectivity index (χ1v) is 12.4. The van der Waals surface area contributed by atoms with Crippen LogP contribution < -0.4 is 10.0 Å². The van der Waals surface area contributed by atoms with Gasteiger partial charge in [0.1, 0.15) is 0 Å². The Morgan fingerprint density at radius 2 is 1.63 bits per heavy atom. The van der Waals surface area contributed by atoms with Gasteiger partial charge in [-0.05, 0) is 69.4 Å². The van der Waals surface area contributed by atoms with E-state index in [-0.39, 0.29) is 16.8 Å². The number of rotatable bonds is 7. The lowest BCUT2D eigenvalue weighted by Gasteiger charge is -2.19. The van der Waals surface area contributed by atoms with Crippen LogP contribution in [0.15, 0.2) is 47.4 Å². The minimum absolute atomic E-state index is 0.0606.